The molecule has 4 heteroatoms. The average molecular weight is 326 g/mol. The number of nitrogens with zero attached hydrogens (tertiary/aromatic N) is 1. The average Bonchev–Trinajstić information content (AvgIpc) is 2.95. The molecule has 2 unspecified atom stereocenters. The van der Waals surface area contributed by atoms with E-state index in [-0.39, 0.29) is 16.8 Å². The number of likely N-dealkylation sites (tertiary alicyclic amines) is 1. The molecular formula is C15H20BrNO2. The summed E-state index contributed by atoms with van der Waals surface area (Å²) in [5.41, 5.74) is 1.17. The Hall–Kier alpha value is -1.03. The zero-order chi connectivity index (χ0) is 13.8. The van der Waals surface area contributed by atoms with Crippen molar-refractivity contribution in [3.8, 4) is 5.75 Å². The molecule has 0 saturated carbocycles. The van der Waals surface area contributed by atoms with Gasteiger partial charge in [-0.25, -0.2) is 0 Å². The number of halogens is 1. The van der Waals surface area contributed by atoms with Crippen LogP contribution >= 0.6 is 15.9 Å². The number of alkyl halides is 1. The second-order valence-corrected chi connectivity index (χ2v) is 5.95. The highest BCUT2D eigenvalue weighted by atomic mass is 79.9. The largest absolute Gasteiger partial charge is 0.497 e. The Morgan fingerprint density at radius 2 is 2.37 bits per heavy atom. The van der Waals surface area contributed by atoms with E-state index in [1.54, 1.807) is 7.11 Å². The molecule has 2 rings (SSSR count). The van der Waals surface area contributed by atoms with Crippen LogP contribution in [0.5, 0.6) is 5.75 Å². The van der Waals surface area contributed by atoms with E-state index >= 15 is 0 Å². The molecule has 0 aromatic heterocycles. The van der Waals surface area contributed by atoms with Gasteiger partial charge in [-0.15, -0.1) is 0 Å². The summed E-state index contributed by atoms with van der Waals surface area (Å²) >= 11 is 3.46. The summed E-state index contributed by atoms with van der Waals surface area (Å²) in [4.78, 5) is 14.3. The van der Waals surface area contributed by atoms with E-state index in [0.29, 0.717) is 0 Å². The van der Waals surface area contributed by atoms with Crippen molar-refractivity contribution in [3.05, 3.63) is 29.8 Å². The van der Waals surface area contributed by atoms with Crippen LogP contribution in [0.1, 0.15) is 37.8 Å². The molecule has 1 aromatic carbocycles. The van der Waals surface area contributed by atoms with Gasteiger partial charge in [-0.05, 0) is 37.0 Å². The van der Waals surface area contributed by atoms with Gasteiger partial charge in [-0.2, -0.15) is 0 Å². The number of hydrogen-bond acceptors (Lipinski definition) is 2. The van der Waals surface area contributed by atoms with Crippen LogP contribution in [0, 0.1) is 0 Å². The number of ether oxygens (including phenoxy) is 1. The number of carbonyl (C=O) groups is 1. The van der Waals surface area contributed by atoms with Gasteiger partial charge in [0.2, 0.25) is 5.91 Å². The van der Waals surface area contributed by atoms with E-state index in [1.807, 2.05) is 30.0 Å². The lowest BCUT2D eigenvalue weighted by Gasteiger charge is -2.27. The van der Waals surface area contributed by atoms with E-state index < -0.39 is 0 Å². The molecule has 1 amide bonds. The van der Waals surface area contributed by atoms with Gasteiger partial charge in [0.25, 0.3) is 0 Å². The maximum atomic E-state index is 12.4. The molecular weight excluding hydrogens is 306 g/mol. The van der Waals surface area contributed by atoms with Crippen molar-refractivity contribution in [2.45, 2.75) is 37.1 Å². The summed E-state index contributed by atoms with van der Waals surface area (Å²) in [6.45, 7) is 2.87. The lowest BCUT2D eigenvalue weighted by molar-refractivity contribution is -0.131. The Morgan fingerprint density at radius 3 is 3.05 bits per heavy atom. The van der Waals surface area contributed by atoms with Gasteiger partial charge in [-0.1, -0.05) is 35.0 Å². The summed E-state index contributed by atoms with van der Waals surface area (Å²) in [6.07, 6.45) is 2.92. The smallest absolute Gasteiger partial charge is 0.236 e. The first-order chi connectivity index (χ1) is 9.17. The highest BCUT2D eigenvalue weighted by Gasteiger charge is 2.32. The lowest BCUT2D eigenvalue weighted by atomic mass is 10.0. The standard InChI is InChI=1S/C15H20BrNO2/c1-3-13(16)15(18)17-9-5-8-14(17)11-6-4-7-12(10-11)19-2/h4,6-7,10,13-14H,3,5,8-9H2,1-2H3. The Labute approximate surface area is 123 Å². The Kier molecular flexibility index (Phi) is 4.86. The maximum absolute atomic E-state index is 12.4. The molecule has 0 N–H and O–H groups in total. The maximum Gasteiger partial charge on any atom is 0.236 e. The van der Waals surface area contributed by atoms with Crippen LogP contribution in [0.2, 0.25) is 0 Å². The SMILES string of the molecule is CCC(Br)C(=O)N1CCCC1c1cccc(OC)c1. The third kappa shape index (κ3) is 3.11. The van der Waals surface area contributed by atoms with Crippen LogP contribution < -0.4 is 4.74 Å². The van der Waals surface area contributed by atoms with E-state index in [0.717, 1.165) is 31.6 Å². The normalized spacial score (nSPS) is 20.4. The predicted octanol–water partition coefficient (Wildman–Crippen LogP) is 3.53. The second-order valence-electron chi connectivity index (χ2n) is 4.84. The summed E-state index contributed by atoms with van der Waals surface area (Å²) in [6, 6.07) is 8.22. The Balaban J connectivity index is 2.20. The number of carbonyl (C=O) groups excluding carboxylic acids is 1. The molecule has 1 aliphatic heterocycles. The minimum atomic E-state index is -0.0706. The first kappa shape index (κ1) is 14.4. The first-order valence-corrected chi connectivity index (χ1v) is 7.67. The van der Waals surface area contributed by atoms with Crippen LogP contribution in [0.15, 0.2) is 24.3 Å². The Bertz CT molecular complexity index is 450. The van der Waals surface area contributed by atoms with Crippen LogP contribution in [0.3, 0.4) is 0 Å². The molecule has 0 bridgehead atoms. The summed E-state index contributed by atoms with van der Waals surface area (Å²) in [5.74, 6) is 1.05. The third-order valence-electron chi connectivity index (χ3n) is 3.64. The van der Waals surface area contributed by atoms with Gasteiger partial charge in [0, 0.05) is 6.54 Å². The zero-order valence-electron chi connectivity index (χ0n) is 11.4. The van der Waals surface area contributed by atoms with E-state index in [4.69, 9.17) is 4.74 Å². The van der Waals surface area contributed by atoms with E-state index in [9.17, 15) is 4.79 Å². The minimum Gasteiger partial charge on any atom is -0.497 e. The molecule has 0 aliphatic carbocycles. The number of rotatable bonds is 4. The van der Waals surface area contributed by atoms with Crippen molar-refractivity contribution in [2.24, 2.45) is 0 Å². The lowest BCUT2D eigenvalue weighted by Crippen LogP contribution is -2.35. The summed E-state index contributed by atoms with van der Waals surface area (Å²) in [7, 11) is 1.67. The van der Waals surface area contributed by atoms with Crippen molar-refractivity contribution in [2.75, 3.05) is 13.7 Å². The van der Waals surface area contributed by atoms with Gasteiger partial charge in [0.1, 0.15) is 5.75 Å². The molecule has 0 spiro atoms. The van der Waals surface area contributed by atoms with Gasteiger partial charge < -0.3 is 9.64 Å². The number of amides is 1. The minimum absolute atomic E-state index is 0.0706. The van der Waals surface area contributed by atoms with Gasteiger partial charge in [0.05, 0.1) is 18.0 Å². The molecule has 1 fully saturated rings. The van der Waals surface area contributed by atoms with Crippen LogP contribution in [0.25, 0.3) is 0 Å². The molecule has 2 atom stereocenters. The fourth-order valence-electron chi connectivity index (χ4n) is 2.58. The third-order valence-corrected chi connectivity index (χ3v) is 4.68. The van der Waals surface area contributed by atoms with Gasteiger partial charge >= 0.3 is 0 Å². The second kappa shape index (κ2) is 6.42. The molecule has 19 heavy (non-hydrogen) atoms. The zero-order valence-corrected chi connectivity index (χ0v) is 13.0. The van der Waals surface area contributed by atoms with Crippen LogP contribution in [-0.2, 0) is 4.79 Å². The fourth-order valence-corrected chi connectivity index (χ4v) is 2.84. The predicted molar refractivity (Wildman–Crippen MR) is 79.7 cm³/mol. The van der Waals surface area contributed by atoms with Crippen molar-refractivity contribution in [1.82, 2.24) is 4.90 Å². The number of benzene rings is 1. The van der Waals surface area contributed by atoms with Crippen molar-refractivity contribution in [1.29, 1.82) is 0 Å². The van der Waals surface area contributed by atoms with Crippen molar-refractivity contribution >= 4 is 21.8 Å². The van der Waals surface area contributed by atoms with Crippen LogP contribution in [0.4, 0.5) is 0 Å². The number of hydrogen-bond donors (Lipinski definition) is 0. The fraction of sp³-hybridized carbons (Fsp3) is 0.533. The highest BCUT2D eigenvalue weighted by molar-refractivity contribution is 9.10. The molecule has 1 aromatic rings. The molecule has 104 valence electrons. The van der Waals surface area contributed by atoms with Gasteiger partial charge in [0.15, 0.2) is 0 Å². The number of methoxy groups -OCH3 is 1. The molecule has 1 saturated heterocycles. The molecule has 3 nitrogen and oxygen atoms in total. The monoisotopic (exact) mass is 325 g/mol. The summed E-state index contributed by atoms with van der Waals surface area (Å²) < 4.78 is 5.27. The highest BCUT2D eigenvalue weighted by Crippen LogP contribution is 2.34. The van der Waals surface area contributed by atoms with Gasteiger partial charge in [-0.3, -0.25) is 4.79 Å². The first-order valence-electron chi connectivity index (χ1n) is 6.76. The van der Waals surface area contributed by atoms with Crippen molar-refractivity contribution < 1.29 is 9.53 Å². The summed E-state index contributed by atoms with van der Waals surface area (Å²) in [5, 5.41) is 0. The molecule has 1 heterocycles. The topological polar surface area (TPSA) is 29.5 Å². The molecule has 0 radical (unpaired) electrons. The van der Waals surface area contributed by atoms with Crippen LogP contribution in [-0.4, -0.2) is 29.3 Å². The quantitative estimate of drug-likeness (QED) is 0.792. The van der Waals surface area contributed by atoms with E-state index in [1.165, 1.54) is 5.56 Å². The molecule has 1 aliphatic rings. The van der Waals surface area contributed by atoms with Crippen molar-refractivity contribution in [3.63, 3.8) is 0 Å². The van der Waals surface area contributed by atoms with E-state index in [2.05, 4.69) is 22.0 Å². The Morgan fingerprint density at radius 1 is 1.58 bits per heavy atom.